The molecule has 1 saturated heterocycles. The fourth-order valence-corrected chi connectivity index (χ4v) is 6.01. The van der Waals surface area contributed by atoms with Crippen LogP contribution in [0.3, 0.4) is 0 Å². The Morgan fingerprint density at radius 1 is 1.22 bits per heavy atom. The van der Waals surface area contributed by atoms with Crippen molar-refractivity contribution in [3.05, 3.63) is 75.9 Å². The van der Waals surface area contributed by atoms with Crippen molar-refractivity contribution in [3.63, 3.8) is 0 Å². The first-order chi connectivity index (χ1) is 17.6. The van der Waals surface area contributed by atoms with Gasteiger partial charge in [0.25, 0.3) is 11.8 Å². The number of likely N-dealkylation sites (tertiary alicyclic amines) is 1. The summed E-state index contributed by atoms with van der Waals surface area (Å²) in [5.74, 6) is -4.02. The van der Waals surface area contributed by atoms with E-state index in [-0.39, 0.29) is 10.4 Å². The van der Waals surface area contributed by atoms with Crippen LogP contribution < -0.4 is 10.5 Å². The summed E-state index contributed by atoms with van der Waals surface area (Å²) >= 11 is 7.43. The second-order valence-electron chi connectivity index (χ2n) is 9.44. The number of ether oxygens (including phenoxy) is 1. The van der Waals surface area contributed by atoms with Gasteiger partial charge in [-0.05, 0) is 58.1 Å². The number of aromatic nitrogens is 2. The number of carbonyl (C=O) groups is 1. The Morgan fingerprint density at radius 2 is 1.95 bits per heavy atom. The summed E-state index contributed by atoms with van der Waals surface area (Å²) in [6, 6.07) is 13.5. The van der Waals surface area contributed by atoms with Crippen molar-refractivity contribution < 1.29 is 18.3 Å². The number of piperidine rings is 1. The van der Waals surface area contributed by atoms with E-state index in [9.17, 15) is 4.79 Å². The predicted molar refractivity (Wildman–Crippen MR) is 142 cm³/mol. The highest BCUT2D eigenvalue weighted by atomic mass is 35.5. The molecular weight excluding hydrogens is 518 g/mol. The van der Waals surface area contributed by atoms with E-state index in [1.54, 1.807) is 29.1 Å². The van der Waals surface area contributed by atoms with Gasteiger partial charge in [0, 0.05) is 28.1 Å². The number of amides is 1. The lowest BCUT2D eigenvalue weighted by molar-refractivity contribution is -0.0836. The zero-order valence-electron chi connectivity index (χ0n) is 20.5. The van der Waals surface area contributed by atoms with Crippen LogP contribution in [0, 0.1) is 5.92 Å². The van der Waals surface area contributed by atoms with Gasteiger partial charge >= 0.3 is 0 Å². The van der Waals surface area contributed by atoms with Crippen LogP contribution in [-0.4, -0.2) is 40.5 Å². The van der Waals surface area contributed by atoms with E-state index in [1.165, 1.54) is 12.1 Å². The number of alkyl halides is 2. The Labute approximate surface area is 222 Å². The monoisotopic (exact) mass is 544 g/mol. The standard InChI is InChI=1S/C27H27ClF2N4O2S/c1-16(19-5-3-4-6-20(19)28)36-23-14-24(37-25(23)26(31)35)34-15-32-21-8-7-18(13-22(21)34)27(29,30)17-9-11-33(2)12-10-17/h3-8,13-17H,9-12H2,1-2H3,(H2,31,35). The predicted octanol–water partition coefficient (Wildman–Crippen LogP) is 6.41. The van der Waals surface area contributed by atoms with Gasteiger partial charge in [-0.1, -0.05) is 35.9 Å². The van der Waals surface area contributed by atoms with Crippen molar-refractivity contribution in [2.45, 2.75) is 31.8 Å². The minimum Gasteiger partial charge on any atom is -0.484 e. The molecule has 0 radical (unpaired) electrons. The lowest BCUT2D eigenvalue weighted by Gasteiger charge is -2.34. The lowest BCUT2D eigenvalue weighted by Crippen LogP contribution is -2.37. The number of nitrogens with zero attached hydrogens (tertiary/aromatic N) is 3. The summed E-state index contributed by atoms with van der Waals surface area (Å²) in [5.41, 5.74) is 7.47. The molecule has 0 aliphatic carbocycles. The molecule has 4 aromatic rings. The molecule has 2 aromatic carbocycles. The maximum atomic E-state index is 15.5. The van der Waals surface area contributed by atoms with Crippen LogP contribution in [0.4, 0.5) is 8.78 Å². The van der Waals surface area contributed by atoms with Gasteiger partial charge in [0.1, 0.15) is 28.1 Å². The van der Waals surface area contributed by atoms with Crippen LogP contribution in [-0.2, 0) is 5.92 Å². The number of hydrogen-bond donors (Lipinski definition) is 1. The van der Waals surface area contributed by atoms with Crippen LogP contribution in [0.25, 0.3) is 16.0 Å². The van der Waals surface area contributed by atoms with Crippen molar-refractivity contribution >= 4 is 39.9 Å². The number of carbonyl (C=O) groups excluding carboxylic acids is 1. The van der Waals surface area contributed by atoms with Gasteiger partial charge < -0.3 is 15.4 Å². The molecule has 1 amide bonds. The van der Waals surface area contributed by atoms with Crippen molar-refractivity contribution in [2.75, 3.05) is 20.1 Å². The van der Waals surface area contributed by atoms with Gasteiger partial charge in [-0.25, -0.2) is 13.8 Å². The zero-order valence-corrected chi connectivity index (χ0v) is 22.0. The number of halogens is 3. The number of fused-ring (bicyclic) bond motifs is 1. The van der Waals surface area contributed by atoms with Gasteiger partial charge in [-0.15, -0.1) is 11.3 Å². The molecule has 2 N–H and O–H groups in total. The Hall–Kier alpha value is -3.01. The Balaban J connectivity index is 1.49. The molecule has 0 bridgehead atoms. The molecule has 10 heteroatoms. The number of nitrogens with two attached hydrogens (primary N) is 1. The van der Waals surface area contributed by atoms with E-state index in [0.29, 0.717) is 52.7 Å². The molecule has 2 aromatic heterocycles. The molecule has 0 saturated carbocycles. The van der Waals surface area contributed by atoms with Crippen molar-refractivity contribution in [2.24, 2.45) is 11.7 Å². The number of hydrogen-bond acceptors (Lipinski definition) is 5. The molecule has 3 heterocycles. The molecule has 1 atom stereocenters. The van der Waals surface area contributed by atoms with Crippen molar-refractivity contribution in [1.29, 1.82) is 0 Å². The molecule has 194 valence electrons. The van der Waals surface area contributed by atoms with Crippen LogP contribution in [0.15, 0.2) is 54.9 Å². The summed E-state index contributed by atoms with van der Waals surface area (Å²) in [6.45, 7) is 3.13. The topological polar surface area (TPSA) is 73.4 Å². The van der Waals surface area contributed by atoms with Gasteiger partial charge in [0.15, 0.2) is 0 Å². The minimum atomic E-state index is -2.96. The minimum absolute atomic E-state index is 0.0354. The number of rotatable bonds is 7. The zero-order chi connectivity index (χ0) is 26.3. The second kappa shape index (κ2) is 10.0. The highest BCUT2D eigenvalue weighted by Gasteiger charge is 2.42. The largest absolute Gasteiger partial charge is 0.484 e. The fourth-order valence-electron chi connectivity index (χ4n) is 4.80. The second-order valence-corrected chi connectivity index (χ2v) is 10.9. The third-order valence-electron chi connectivity index (χ3n) is 6.96. The van der Waals surface area contributed by atoms with E-state index in [0.717, 1.165) is 16.9 Å². The molecule has 0 spiro atoms. The molecule has 6 nitrogen and oxygen atoms in total. The van der Waals surface area contributed by atoms with E-state index in [2.05, 4.69) is 9.88 Å². The first-order valence-electron chi connectivity index (χ1n) is 12.0. The highest BCUT2D eigenvalue weighted by molar-refractivity contribution is 7.16. The average Bonchev–Trinajstić information content (AvgIpc) is 3.48. The van der Waals surface area contributed by atoms with Gasteiger partial charge in [0.2, 0.25) is 0 Å². The molecule has 1 fully saturated rings. The van der Waals surface area contributed by atoms with Crippen molar-refractivity contribution in [1.82, 2.24) is 14.5 Å². The summed E-state index contributed by atoms with van der Waals surface area (Å²) in [6.07, 6.45) is 1.99. The first kappa shape index (κ1) is 25.6. The van der Waals surface area contributed by atoms with Crippen LogP contribution in [0.1, 0.15) is 46.7 Å². The highest BCUT2D eigenvalue weighted by Crippen LogP contribution is 2.43. The first-order valence-corrected chi connectivity index (χ1v) is 13.2. The smallest absolute Gasteiger partial charge is 0.276 e. The Kier molecular flexibility index (Phi) is 6.95. The van der Waals surface area contributed by atoms with Gasteiger partial charge in [0.05, 0.1) is 11.0 Å². The molecule has 1 unspecified atom stereocenters. The van der Waals surface area contributed by atoms with Crippen LogP contribution >= 0.6 is 22.9 Å². The van der Waals surface area contributed by atoms with Gasteiger partial charge in [-0.2, -0.15) is 0 Å². The molecule has 1 aliphatic heterocycles. The van der Waals surface area contributed by atoms with E-state index >= 15 is 8.78 Å². The molecule has 5 rings (SSSR count). The molecular formula is C27H27ClF2N4O2S. The molecule has 1 aliphatic rings. The average molecular weight is 545 g/mol. The summed E-state index contributed by atoms with van der Waals surface area (Å²) < 4.78 is 38.8. The number of imidazole rings is 1. The van der Waals surface area contributed by atoms with Crippen LogP contribution in [0.5, 0.6) is 5.75 Å². The van der Waals surface area contributed by atoms with E-state index in [1.807, 2.05) is 32.2 Å². The van der Waals surface area contributed by atoms with Crippen LogP contribution in [0.2, 0.25) is 5.02 Å². The summed E-state index contributed by atoms with van der Waals surface area (Å²) in [7, 11) is 1.95. The lowest BCUT2D eigenvalue weighted by atomic mass is 9.86. The quantitative estimate of drug-likeness (QED) is 0.292. The SMILES string of the molecule is CC(Oc1cc(-n2cnc3ccc(C(F)(F)C4CCN(C)CC4)cc32)sc1C(N)=O)c1ccccc1Cl. The van der Waals surface area contributed by atoms with E-state index in [4.69, 9.17) is 22.1 Å². The number of benzene rings is 2. The maximum absolute atomic E-state index is 15.5. The van der Waals surface area contributed by atoms with Crippen molar-refractivity contribution in [3.8, 4) is 10.8 Å². The third kappa shape index (κ3) is 4.95. The fraction of sp³-hybridized carbons (Fsp3) is 0.333. The summed E-state index contributed by atoms with van der Waals surface area (Å²) in [4.78, 5) is 18.9. The number of primary amides is 1. The molecule has 37 heavy (non-hydrogen) atoms. The third-order valence-corrected chi connectivity index (χ3v) is 8.43. The number of thiophene rings is 1. The Morgan fingerprint density at radius 3 is 2.65 bits per heavy atom. The Bertz CT molecular complexity index is 1450. The van der Waals surface area contributed by atoms with Gasteiger partial charge in [-0.3, -0.25) is 9.36 Å². The maximum Gasteiger partial charge on any atom is 0.276 e. The normalized spacial score (nSPS) is 16.2. The summed E-state index contributed by atoms with van der Waals surface area (Å²) in [5, 5.41) is 1.13. The van der Waals surface area contributed by atoms with E-state index < -0.39 is 23.9 Å².